The second-order valence-electron chi connectivity index (χ2n) is 7.75. The number of nitriles is 1. The molecule has 0 aromatic heterocycles. The predicted molar refractivity (Wildman–Crippen MR) is 90.7 cm³/mol. The van der Waals surface area contributed by atoms with Crippen molar-refractivity contribution in [3.05, 3.63) is 40.4 Å². The highest BCUT2D eigenvalue weighted by Gasteiger charge is 2.54. The van der Waals surface area contributed by atoms with Gasteiger partial charge in [0.05, 0.1) is 5.57 Å². The van der Waals surface area contributed by atoms with Crippen LogP contribution in [0, 0.1) is 34.5 Å². The average molecular weight is 326 g/mol. The summed E-state index contributed by atoms with van der Waals surface area (Å²) in [5, 5.41) is 10.2. The number of benzene rings is 1. The first-order chi connectivity index (χ1) is 11.1. The smallest absolute Gasteiger partial charge is 0.179 e. The molecule has 3 heteroatoms. The number of hydrogen-bond donors (Lipinski definition) is 0. The number of halogens is 1. The molecule has 23 heavy (non-hydrogen) atoms. The zero-order valence-corrected chi connectivity index (χ0v) is 13.9. The van der Waals surface area contributed by atoms with Gasteiger partial charge in [-0.1, -0.05) is 23.7 Å². The van der Waals surface area contributed by atoms with Gasteiger partial charge in [0.2, 0.25) is 0 Å². The summed E-state index contributed by atoms with van der Waals surface area (Å²) in [5.41, 5.74) is 0.932. The van der Waals surface area contributed by atoms with Gasteiger partial charge in [0, 0.05) is 10.4 Å². The Balaban J connectivity index is 1.64. The summed E-state index contributed by atoms with van der Waals surface area (Å²) in [6.45, 7) is 0. The van der Waals surface area contributed by atoms with Crippen LogP contribution in [0.15, 0.2) is 29.8 Å². The summed E-state index contributed by atoms with van der Waals surface area (Å²) in [5.74, 6) is 2.22. The zero-order chi connectivity index (χ0) is 16.0. The number of Topliss-reactive ketones (excluding diaryl/α,β-unsaturated/α-hetero) is 1. The summed E-state index contributed by atoms with van der Waals surface area (Å²) in [7, 11) is 0. The standard InChI is InChI=1S/C20H20ClNO/c21-18-3-1-13(2-4-18)8-17(12-22)19(23)20-9-14-5-15(10-20)7-16(6-14)11-20/h1-4,8,14-16H,5-7,9-11H2/b17-8+. The first-order valence-corrected chi connectivity index (χ1v) is 8.88. The molecule has 1 aromatic rings. The van der Waals surface area contributed by atoms with Crippen LogP contribution in [0.5, 0.6) is 0 Å². The van der Waals surface area contributed by atoms with E-state index >= 15 is 0 Å². The molecule has 0 saturated heterocycles. The number of allylic oxidation sites excluding steroid dienone is 1. The van der Waals surface area contributed by atoms with Crippen LogP contribution in [0.2, 0.25) is 5.02 Å². The van der Waals surface area contributed by atoms with Crippen LogP contribution in [0.3, 0.4) is 0 Å². The second-order valence-corrected chi connectivity index (χ2v) is 8.18. The molecule has 118 valence electrons. The number of carbonyl (C=O) groups is 1. The van der Waals surface area contributed by atoms with E-state index in [0.29, 0.717) is 28.3 Å². The van der Waals surface area contributed by atoms with Gasteiger partial charge in [-0.2, -0.15) is 5.26 Å². The topological polar surface area (TPSA) is 40.9 Å². The van der Waals surface area contributed by atoms with E-state index in [-0.39, 0.29) is 11.2 Å². The molecule has 1 aromatic carbocycles. The summed E-state index contributed by atoms with van der Waals surface area (Å²) in [4.78, 5) is 13.2. The Labute approximate surface area is 142 Å². The fourth-order valence-electron chi connectivity index (χ4n) is 5.55. The van der Waals surface area contributed by atoms with Gasteiger partial charge in [-0.3, -0.25) is 4.79 Å². The van der Waals surface area contributed by atoms with E-state index in [9.17, 15) is 10.1 Å². The third-order valence-corrected chi connectivity index (χ3v) is 6.32. The van der Waals surface area contributed by atoms with Crippen LogP contribution in [-0.4, -0.2) is 5.78 Å². The summed E-state index contributed by atoms with van der Waals surface area (Å²) >= 11 is 5.90. The SMILES string of the molecule is N#C/C(=C\c1ccc(Cl)cc1)C(=O)C12CC3CC(CC(C3)C1)C2. The summed E-state index contributed by atoms with van der Waals surface area (Å²) in [6, 6.07) is 9.45. The van der Waals surface area contributed by atoms with Crippen LogP contribution in [0.1, 0.15) is 44.1 Å². The number of hydrogen-bond acceptors (Lipinski definition) is 2. The molecule has 0 spiro atoms. The molecule has 0 N–H and O–H groups in total. The van der Waals surface area contributed by atoms with Crippen molar-refractivity contribution in [3.8, 4) is 6.07 Å². The number of nitrogens with zero attached hydrogens (tertiary/aromatic N) is 1. The van der Waals surface area contributed by atoms with E-state index in [1.807, 2.05) is 12.1 Å². The molecule has 4 aliphatic carbocycles. The van der Waals surface area contributed by atoms with Crippen molar-refractivity contribution in [1.29, 1.82) is 5.26 Å². The van der Waals surface area contributed by atoms with Crippen LogP contribution in [-0.2, 0) is 4.79 Å². The fraction of sp³-hybridized carbons (Fsp3) is 0.500. The minimum atomic E-state index is -0.247. The first kappa shape index (κ1) is 15.0. The van der Waals surface area contributed by atoms with Crippen molar-refractivity contribution < 1.29 is 4.79 Å². The maximum Gasteiger partial charge on any atom is 0.179 e. The first-order valence-electron chi connectivity index (χ1n) is 8.50. The Kier molecular flexibility index (Phi) is 3.58. The van der Waals surface area contributed by atoms with Gasteiger partial charge in [-0.15, -0.1) is 0 Å². The molecule has 4 saturated carbocycles. The second kappa shape index (κ2) is 5.49. The van der Waals surface area contributed by atoms with Crippen molar-refractivity contribution in [2.75, 3.05) is 0 Å². The van der Waals surface area contributed by atoms with Crippen LogP contribution < -0.4 is 0 Å². The molecule has 0 amide bonds. The van der Waals surface area contributed by atoms with Crippen LogP contribution in [0.4, 0.5) is 0 Å². The molecule has 5 rings (SSSR count). The van der Waals surface area contributed by atoms with Gasteiger partial charge < -0.3 is 0 Å². The molecule has 4 aliphatic rings. The number of carbonyl (C=O) groups excluding carboxylic acids is 1. The van der Waals surface area contributed by atoms with E-state index in [1.54, 1.807) is 18.2 Å². The van der Waals surface area contributed by atoms with Gasteiger partial charge in [-0.05, 0) is 80.1 Å². The highest BCUT2D eigenvalue weighted by Crippen LogP contribution is 2.60. The van der Waals surface area contributed by atoms with Gasteiger partial charge in [0.25, 0.3) is 0 Å². The maximum absolute atomic E-state index is 13.2. The lowest BCUT2D eigenvalue weighted by molar-refractivity contribution is -0.139. The van der Waals surface area contributed by atoms with Crippen molar-refractivity contribution in [2.24, 2.45) is 23.2 Å². The maximum atomic E-state index is 13.2. The molecular formula is C20H20ClNO. The number of ketones is 1. The molecule has 4 bridgehead atoms. The molecule has 0 radical (unpaired) electrons. The van der Waals surface area contributed by atoms with Crippen LogP contribution >= 0.6 is 11.6 Å². The van der Waals surface area contributed by atoms with E-state index in [0.717, 1.165) is 24.8 Å². The highest BCUT2D eigenvalue weighted by molar-refractivity contribution is 6.30. The Morgan fingerprint density at radius 2 is 1.61 bits per heavy atom. The van der Waals surface area contributed by atoms with Crippen molar-refractivity contribution in [1.82, 2.24) is 0 Å². The molecule has 4 fully saturated rings. The molecule has 0 unspecified atom stereocenters. The number of rotatable bonds is 3. The Hall–Kier alpha value is -1.59. The molecule has 0 aliphatic heterocycles. The summed E-state index contributed by atoms with van der Waals surface area (Å²) < 4.78 is 0. The summed E-state index contributed by atoms with van der Waals surface area (Å²) in [6.07, 6.45) is 8.63. The predicted octanol–water partition coefficient (Wildman–Crippen LogP) is 5.03. The van der Waals surface area contributed by atoms with Gasteiger partial charge in [0.15, 0.2) is 5.78 Å². The highest BCUT2D eigenvalue weighted by atomic mass is 35.5. The quantitative estimate of drug-likeness (QED) is 0.577. The lowest BCUT2D eigenvalue weighted by atomic mass is 9.48. The molecule has 2 nitrogen and oxygen atoms in total. The largest absolute Gasteiger partial charge is 0.293 e. The van der Waals surface area contributed by atoms with Gasteiger partial charge >= 0.3 is 0 Å². The van der Waals surface area contributed by atoms with E-state index in [1.165, 1.54) is 19.3 Å². The zero-order valence-electron chi connectivity index (χ0n) is 13.1. The van der Waals surface area contributed by atoms with Crippen molar-refractivity contribution in [2.45, 2.75) is 38.5 Å². The molecule has 0 atom stereocenters. The normalized spacial score (nSPS) is 35.1. The minimum Gasteiger partial charge on any atom is -0.293 e. The van der Waals surface area contributed by atoms with Crippen LogP contribution in [0.25, 0.3) is 6.08 Å². The lowest BCUT2D eigenvalue weighted by Gasteiger charge is -2.55. The minimum absolute atomic E-state index is 0.0917. The Bertz CT molecular complexity index is 675. The Morgan fingerprint density at radius 3 is 2.09 bits per heavy atom. The van der Waals surface area contributed by atoms with Crippen molar-refractivity contribution in [3.63, 3.8) is 0 Å². The Morgan fingerprint density at radius 1 is 1.09 bits per heavy atom. The van der Waals surface area contributed by atoms with Gasteiger partial charge in [0.1, 0.15) is 6.07 Å². The third kappa shape index (κ3) is 2.62. The molecule has 0 heterocycles. The molecular weight excluding hydrogens is 306 g/mol. The van der Waals surface area contributed by atoms with E-state index < -0.39 is 0 Å². The lowest BCUT2D eigenvalue weighted by Crippen LogP contribution is -2.50. The van der Waals surface area contributed by atoms with Crippen molar-refractivity contribution >= 4 is 23.5 Å². The third-order valence-electron chi connectivity index (χ3n) is 6.07. The van der Waals surface area contributed by atoms with Gasteiger partial charge in [-0.25, -0.2) is 0 Å². The average Bonchev–Trinajstić information content (AvgIpc) is 2.52. The fourth-order valence-corrected chi connectivity index (χ4v) is 5.67. The van der Waals surface area contributed by atoms with E-state index in [2.05, 4.69) is 6.07 Å². The van der Waals surface area contributed by atoms with E-state index in [4.69, 9.17) is 11.6 Å². The monoisotopic (exact) mass is 325 g/mol.